The molecule has 3 N–H and O–H groups in total. The van der Waals surface area contributed by atoms with Gasteiger partial charge in [0.2, 0.25) is 0 Å². The number of methoxy groups -OCH3 is 2. The van der Waals surface area contributed by atoms with Crippen molar-refractivity contribution in [2.24, 2.45) is 11.1 Å². The van der Waals surface area contributed by atoms with Gasteiger partial charge in [0.1, 0.15) is 0 Å². The van der Waals surface area contributed by atoms with Crippen LogP contribution < -0.4 is 11.1 Å². The van der Waals surface area contributed by atoms with E-state index in [1.54, 1.807) is 14.2 Å². The molecule has 4 heteroatoms. The molecule has 0 amide bonds. The average molecular weight is 218 g/mol. The molecule has 0 heterocycles. The Bertz CT molecular complexity index is 152. The SMILES string of the molecule is COCCC(C)(C)CNCC(N)COC. The second-order valence-electron chi connectivity index (χ2n) is 4.75. The summed E-state index contributed by atoms with van der Waals surface area (Å²) in [4.78, 5) is 0. The van der Waals surface area contributed by atoms with Gasteiger partial charge < -0.3 is 20.5 Å². The van der Waals surface area contributed by atoms with E-state index in [1.807, 2.05) is 0 Å². The minimum atomic E-state index is 0.0771. The number of nitrogens with two attached hydrogens (primary N) is 1. The van der Waals surface area contributed by atoms with Gasteiger partial charge >= 0.3 is 0 Å². The van der Waals surface area contributed by atoms with E-state index in [0.29, 0.717) is 6.61 Å². The van der Waals surface area contributed by atoms with E-state index in [0.717, 1.165) is 26.1 Å². The van der Waals surface area contributed by atoms with Crippen LogP contribution in [-0.4, -0.2) is 46.6 Å². The molecular formula is C11H26N2O2. The molecule has 0 aromatic carbocycles. The summed E-state index contributed by atoms with van der Waals surface area (Å²) in [5.74, 6) is 0. The second-order valence-corrected chi connectivity index (χ2v) is 4.75. The summed E-state index contributed by atoms with van der Waals surface area (Å²) in [6, 6.07) is 0.0771. The smallest absolute Gasteiger partial charge is 0.0626 e. The van der Waals surface area contributed by atoms with E-state index < -0.39 is 0 Å². The van der Waals surface area contributed by atoms with Crippen molar-refractivity contribution in [1.82, 2.24) is 5.32 Å². The maximum atomic E-state index is 5.80. The second kappa shape index (κ2) is 8.05. The van der Waals surface area contributed by atoms with Gasteiger partial charge in [0.15, 0.2) is 0 Å². The summed E-state index contributed by atoms with van der Waals surface area (Å²) in [6.07, 6.45) is 1.05. The molecule has 4 nitrogen and oxygen atoms in total. The van der Waals surface area contributed by atoms with Crippen molar-refractivity contribution in [3.8, 4) is 0 Å². The molecule has 0 aliphatic carbocycles. The van der Waals surface area contributed by atoms with Crippen molar-refractivity contribution in [2.45, 2.75) is 26.3 Å². The molecule has 0 aromatic heterocycles. The van der Waals surface area contributed by atoms with Gasteiger partial charge in [0, 0.05) is 40.0 Å². The van der Waals surface area contributed by atoms with Crippen LogP contribution in [0.15, 0.2) is 0 Å². The van der Waals surface area contributed by atoms with Gasteiger partial charge in [-0.15, -0.1) is 0 Å². The van der Waals surface area contributed by atoms with Crippen LogP contribution in [0.1, 0.15) is 20.3 Å². The number of rotatable bonds is 9. The van der Waals surface area contributed by atoms with Crippen LogP contribution in [0.5, 0.6) is 0 Å². The van der Waals surface area contributed by atoms with Gasteiger partial charge in [-0.3, -0.25) is 0 Å². The van der Waals surface area contributed by atoms with Gasteiger partial charge in [0.05, 0.1) is 6.61 Å². The fourth-order valence-electron chi connectivity index (χ4n) is 1.34. The first-order chi connectivity index (χ1) is 7.02. The van der Waals surface area contributed by atoms with Gasteiger partial charge in [-0.1, -0.05) is 13.8 Å². The van der Waals surface area contributed by atoms with E-state index in [1.165, 1.54) is 0 Å². The predicted octanol–water partition coefficient (Wildman–Crippen LogP) is 0.612. The quantitative estimate of drug-likeness (QED) is 0.595. The Morgan fingerprint density at radius 2 is 1.93 bits per heavy atom. The molecule has 0 rings (SSSR count). The van der Waals surface area contributed by atoms with E-state index in [9.17, 15) is 0 Å². The maximum Gasteiger partial charge on any atom is 0.0626 e. The molecule has 15 heavy (non-hydrogen) atoms. The predicted molar refractivity (Wildman–Crippen MR) is 63.0 cm³/mol. The normalized spacial score (nSPS) is 14.2. The highest BCUT2D eigenvalue weighted by Gasteiger charge is 2.17. The van der Waals surface area contributed by atoms with Crippen molar-refractivity contribution in [1.29, 1.82) is 0 Å². The van der Waals surface area contributed by atoms with Gasteiger partial charge in [-0.05, 0) is 11.8 Å². The van der Waals surface area contributed by atoms with Gasteiger partial charge in [-0.2, -0.15) is 0 Å². The summed E-state index contributed by atoms with van der Waals surface area (Å²) >= 11 is 0. The Kier molecular flexibility index (Phi) is 7.96. The molecule has 1 unspecified atom stereocenters. The standard InChI is InChI=1S/C11H26N2O2/c1-11(2,5-6-14-3)9-13-7-10(12)8-15-4/h10,13H,5-9,12H2,1-4H3. The third-order valence-corrected chi connectivity index (χ3v) is 2.37. The lowest BCUT2D eigenvalue weighted by Gasteiger charge is -2.25. The molecule has 0 saturated heterocycles. The third-order valence-electron chi connectivity index (χ3n) is 2.37. The van der Waals surface area contributed by atoms with Crippen LogP contribution in [0.2, 0.25) is 0 Å². The first-order valence-electron chi connectivity index (χ1n) is 5.46. The van der Waals surface area contributed by atoms with Gasteiger partial charge in [0.25, 0.3) is 0 Å². The Labute approximate surface area is 93.5 Å². The average Bonchev–Trinajstić information content (AvgIpc) is 2.15. The zero-order valence-corrected chi connectivity index (χ0v) is 10.5. The molecule has 0 spiro atoms. The molecular weight excluding hydrogens is 192 g/mol. The molecule has 0 fully saturated rings. The number of ether oxygens (including phenoxy) is 2. The monoisotopic (exact) mass is 218 g/mol. The first-order valence-corrected chi connectivity index (χ1v) is 5.46. The molecule has 0 bridgehead atoms. The summed E-state index contributed by atoms with van der Waals surface area (Å²) < 4.78 is 10.0. The Morgan fingerprint density at radius 1 is 1.27 bits per heavy atom. The first kappa shape index (κ1) is 14.8. The summed E-state index contributed by atoms with van der Waals surface area (Å²) in [5, 5.41) is 3.36. The lowest BCUT2D eigenvalue weighted by molar-refractivity contribution is 0.148. The zero-order chi connectivity index (χ0) is 11.7. The Hall–Kier alpha value is -0.160. The van der Waals surface area contributed by atoms with E-state index in [2.05, 4.69) is 19.2 Å². The number of hydrogen-bond donors (Lipinski definition) is 2. The number of nitrogens with one attached hydrogen (secondary N) is 1. The molecule has 1 atom stereocenters. The van der Waals surface area contributed by atoms with Crippen molar-refractivity contribution in [3.05, 3.63) is 0 Å². The fraction of sp³-hybridized carbons (Fsp3) is 1.00. The van der Waals surface area contributed by atoms with Crippen LogP contribution in [0, 0.1) is 5.41 Å². The van der Waals surface area contributed by atoms with Crippen LogP contribution in [0.25, 0.3) is 0 Å². The summed E-state index contributed by atoms with van der Waals surface area (Å²) in [6.45, 7) is 7.60. The molecule has 0 radical (unpaired) electrons. The van der Waals surface area contributed by atoms with Crippen molar-refractivity contribution in [3.63, 3.8) is 0 Å². The minimum absolute atomic E-state index is 0.0771. The van der Waals surface area contributed by atoms with Gasteiger partial charge in [-0.25, -0.2) is 0 Å². The highest BCUT2D eigenvalue weighted by atomic mass is 16.5. The topological polar surface area (TPSA) is 56.5 Å². The van der Waals surface area contributed by atoms with Crippen molar-refractivity contribution < 1.29 is 9.47 Å². The molecule has 0 aromatic rings. The Balaban J connectivity index is 3.55. The molecule has 0 aliphatic heterocycles. The maximum absolute atomic E-state index is 5.80. The lowest BCUT2D eigenvalue weighted by Crippen LogP contribution is -2.41. The third kappa shape index (κ3) is 8.81. The van der Waals surface area contributed by atoms with E-state index >= 15 is 0 Å². The van der Waals surface area contributed by atoms with Crippen molar-refractivity contribution >= 4 is 0 Å². The van der Waals surface area contributed by atoms with Crippen LogP contribution >= 0.6 is 0 Å². The van der Waals surface area contributed by atoms with E-state index in [4.69, 9.17) is 15.2 Å². The summed E-state index contributed by atoms with van der Waals surface area (Å²) in [7, 11) is 3.40. The van der Waals surface area contributed by atoms with Crippen LogP contribution in [0.4, 0.5) is 0 Å². The highest BCUT2D eigenvalue weighted by molar-refractivity contribution is 4.73. The molecule has 0 saturated carbocycles. The minimum Gasteiger partial charge on any atom is -0.385 e. The summed E-state index contributed by atoms with van der Waals surface area (Å²) in [5.41, 5.74) is 6.05. The van der Waals surface area contributed by atoms with Crippen molar-refractivity contribution in [2.75, 3.05) is 40.5 Å². The molecule has 92 valence electrons. The van der Waals surface area contributed by atoms with Crippen LogP contribution in [-0.2, 0) is 9.47 Å². The largest absolute Gasteiger partial charge is 0.385 e. The zero-order valence-electron chi connectivity index (χ0n) is 10.5. The number of hydrogen-bond acceptors (Lipinski definition) is 4. The van der Waals surface area contributed by atoms with E-state index in [-0.39, 0.29) is 11.5 Å². The fourth-order valence-corrected chi connectivity index (χ4v) is 1.34. The Morgan fingerprint density at radius 3 is 2.47 bits per heavy atom. The molecule has 0 aliphatic rings. The van der Waals surface area contributed by atoms with Crippen LogP contribution in [0.3, 0.4) is 0 Å². The highest BCUT2D eigenvalue weighted by Crippen LogP contribution is 2.18. The lowest BCUT2D eigenvalue weighted by atomic mass is 9.89.